The van der Waals surface area contributed by atoms with E-state index in [9.17, 15) is 9.50 Å². The third kappa shape index (κ3) is 3.16. The van der Waals surface area contributed by atoms with Crippen molar-refractivity contribution < 1.29 is 9.50 Å². The van der Waals surface area contributed by atoms with Gasteiger partial charge in [0, 0.05) is 11.1 Å². The molecule has 0 fully saturated rings. The molecule has 0 aliphatic rings. The summed E-state index contributed by atoms with van der Waals surface area (Å²) in [5.41, 5.74) is 1.46. The van der Waals surface area contributed by atoms with Gasteiger partial charge in [0.25, 0.3) is 0 Å². The Morgan fingerprint density at radius 3 is 2.79 bits per heavy atom. The lowest BCUT2D eigenvalue weighted by Gasteiger charge is -2.12. The molecular weight excluding hydrogens is 307 g/mol. The molecule has 0 saturated carbocycles. The number of nitriles is 1. The van der Waals surface area contributed by atoms with Gasteiger partial charge >= 0.3 is 0 Å². The van der Waals surface area contributed by atoms with Crippen molar-refractivity contribution >= 4 is 0 Å². The Kier molecular flexibility index (Phi) is 4.36. The van der Waals surface area contributed by atoms with Crippen molar-refractivity contribution in [3.63, 3.8) is 0 Å². The van der Waals surface area contributed by atoms with Crippen molar-refractivity contribution in [3.05, 3.63) is 71.3 Å². The molecule has 0 amide bonds. The largest absolute Gasteiger partial charge is 0.386 e. The molecule has 6 heteroatoms. The van der Waals surface area contributed by atoms with Crippen molar-refractivity contribution in [1.82, 2.24) is 14.8 Å². The van der Waals surface area contributed by atoms with Crippen LogP contribution in [0.1, 0.15) is 23.1 Å². The fourth-order valence-corrected chi connectivity index (χ4v) is 2.45. The normalized spacial score (nSPS) is 11.9. The minimum absolute atomic E-state index is 0.0949. The fourth-order valence-electron chi connectivity index (χ4n) is 2.45. The lowest BCUT2D eigenvalue weighted by atomic mass is 10.1. The summed E-state index contributed by atoms with van der Waals surface area (Å²) >= 11 is 0. The van der Waals surface area contributed by atoms with E-state index in [-0.39, 0.29) is 12.1 Å². The summed E-state index contributed by atoms with van der Waals surface area (Å²) in [6.07, 6.45) is -1.02. The second kappa shape index (κ2) is 6.60. The molecule has 0 aliphatic heterocycles. The van der Waals surface area contributed by atoms with Crippen LogP contribution in [0.4, 0.5) is 4.39 Å². The molecule has 0 saturated heterocycles. The molecule has 1 N–H and O–H groups in total. The molecule has 120 valence electrons. The van der Waals surface area contributed by atoms with Crippen LogP contribution >= 0.6 is 0 Å². The average molecular weight is 322 g/mol. The summed E-state index contributed by atoms with van der Waals surface area (Å²) in [7, 11) is 0. The van der Waals surface area contributed by atoms with E-state index in [0.29, 0.717) is 17.2 Å². The predicted molar refractivity (Wildman–Crippen MR) is 86.3 cm³/mol. The summed E-state index contributed by atoms with van der Waals surface area (Å²) in [6, 6.07) is 15.2. The molecule has 24 heavy (non-hydrogen) atoms. The molecule has 0 radical (unpaired) electrons. The highest BCUT2D eigenvalue weighted by Gasteiger charge is 2.16. The first-order chi connectivity index (χ1) is 11.6. The highest BCUT2D eigenvalue weighted by atomic mass is 19.1. The van der Waals surface area contributed by atoms with E-state index in [1.165, 1.54) is 10.7 Å². The van der Waals surface area contributed by atoms with E-state index >= 15 is 0 Å². The second-order valence-electron chi connectivity index (χ2n) is 5.39. The van der Waals surface area contributed by atoms with Crippen LogP contribution in [0.25, 0.3) is 11.4 Å². The van der Waals surface area contributed by atoms with Crippen molar-refractivity contribution in [2.24, 2.45) is 0 Å². The van der Waals surface area contributed by atoms with Crippen LogP contribution in [0.15, 0.2) is 48.5 Å². The number of aryl methyl sites for hydroxylation is 1. The SMILES string of the molecule is Cc1nc(-c2cccc(C#N)c2)nn1CC(O)c1ccccc1F. The smallest absolute Gasteiger partial charge is 0.181 e. The van der Waals surface area contributed by atoms with Crippen LogP contribution in [0, 0.1) is 24.1 Å². The highest BCUT2D eigenvalue weighted by molar-refractivity contribution is 5.57. The summed E-state index contributed by atoms with van der Waals surface area (Å²) in [6.45, 7) is 1.86. The maximum absolute atomic E-state index is 13.8. The lowest BCUT2D eigenvalue weighted by molar-refractivity contribution is 0.146. The molecule has 1 unspecified atom stereocenters. The predicted octanol–water partition coefficient (Wildman–Crippen LogP) is 3.00. The second-order valence-corrected chi connectivity index (χ2v) is 5.39. The summed E-state index contributed by atoms with van der Waals surface area (Å²) in [5.74, 6) is 0.609. The molecule has 0 spiro atoms. The van der Waals surface area contributed by atoms with Crippen molar-refractivity contribution in [2.45, 2.75) is 19.6 Å². The number of halogens is 1. The molecule has 3 aromatic rings. The third-order valence-electron chi connectivity index (χ3n) is 3.72. The zero-order valence-electron chi connectivity index (χ0n) is 13.0. The van der Waals surface area contributed by atoms with Gasteiger partial charge in [-0.15, -0.1) is 0 Å². The standard InChI is InChI=1S/C18H15FN4O/c1-12-21-18(14-6-4-5-13(9-14)10-20)22-23(12)11-17(24)15-7-2-3-8-16(15)19/h2-9,17,24H,11H2,1H3. The number of aromatic nitrogens is 3. The van der Waals surface area contributed by atoms with Gasteiger partial charge in [-0.1, -0.05) is 30.3 Å². The maximum Gasteiger partial charge on any atom is 0.181 e. The Labute approximate surface area is 138 Å². The average Bonchev–Trinajstić information content (AvgIpc) is 2.96. The minimum atomic E-state index is -1.02. The van der Waals surface area contributed by atoms with Gasteiger partial charge in [0.2, 0.25) is 0 Å². The van der Waals surface area contributed by atoms with Gasteiger partial charge in [-0.3, -0.25) is 0 Å². The van der Waals surface area contributed by atoms with Gasteiger partial charge in [-0.2, -0.15) is 10.4 Å². The van der Waals surface area contributed by atoms with Gasteiger partial charge in [0.05, 0.1) is 18.2 Å². The number of aliphatic hydroxyl groups is 1. The zero-order valence-corrected chi connectivity index (χ0v) is 13.0. The van der Waals surface area contributed by atoms with Gasteiger partial charge in [0.1, 0.15) is 17.7 Å². The first-order valence-electron chi connectivity index (χ1n) is 7.43. The number of hydrogen-bond donors (Lipinski definition) is 1. The first kappa shape index (κ1) is 15.8. The number of rotatable bonds is 4. The molecule has 2 aromatic carbocycles. The molecular formula is C18H15FN4O. The Hall–Kier alpha value is -3.04. The molecule has 1 heterocycles. The molecule has 1 atom stereocenters. The van der Waals surface area contributed by atoms with E-state index in [1.54, 1.807) is 43.3 Å². The number of benzene rings is 2. The quantitative estimate of drug-likeness (QED) is 0.801. The first-order valence-corrected chi connectivity index (χ1v) is 7.43. The van der Waals surface area contributed by atoms with Crippen LogP contribution in [-0.2, 0) is 6.54 Å². The lowest BCUT2D eigenvalue weighted by Crippen LogP contribution is -2.12. The monoisotopic (exact) mass is 322 g/mol. The Morgan fingerprint density at radius 1 is 1.25 bits per heavy atom. The van der Waals surface area contributed by atoms with Gasteiger partial charge < -0.3 is 5.11 Å². The molecule has 3 rings (SSSR count). The van der Waals surface area contributed by atoms with E-state index in [0.717, 1.165) is 5.56 Å². The van der Waals surface area contributed by atoms with E-state index in [1.807, 2.05) is 6.07 Å². The van der Waals surface area contributed by atoms with E-state index in [2.05, 4.69) is 16.2 Å². The zero-order chi connectivity index (χ0) is 17.1. The van der Waals surface area contributed by atoms with Crippen LogP contribution in [0.2, 0.25) is 0 Å². The summed E-state index contributed by atoms with van der Waals surface area (Å²) in [5, 5.41) is 23.6. The number of hydrogen-bond acceptors (Lipinski definition) is 4. The van der Waals surface area contributed by atoms with Crippen molar-refractivity contribution in [2.75, 3.05) is 0 Å². The minimum Gasteiger partial charge on any atom is -0.386 e. The van der Waals surface area contributed by atoms with Gasteiger partial charge in [0.15, 0.2) is 5.82 Å². The van der Waals surface area contributed by atoms with Crippen LogP contribution in [0.5, 0.6) is 0 Å². The number of aliphatic hydroxyl groups excluding tert-OH is 1. The van der Waals surface area contributed by atoms with Crippen molar-refractivity contribution in [3.8, 4) is 17.5 Å². The molecule has 0 bridgehead atoms. The summed E-state index contributed by atoms with van der Waals surface area (Å²) in [4.78, 5) is 4.36. The van der Waals surface area contributed by atoms with Gasteiger partial charge in [-0.25, -0.2) is 14.1 Å². The number of nitrogens with zero attached hydrogens (tertiary/aromatic N) is 4. The Morgan fingerprint density at radius 2 is 2.04 bits per heavy atom. The van der Waals surface area contributed by atoms with Gasteiger partial charge in [-0.05, 0) is 25.1 Å². The Balaban J connectivity index is 1.87. The Bertz CT molecular complexity index is 913. The van der Waals surface area contributed by atoms with Crippen LogP contribution < -0.4 is 0 Å². The third-order valence-corrected chi connectivity index (χ3v) is 3.72. The summed E-state index contributed by atoms with van der Waals surface area (Å²) < 4.78 is 15.3. The van der Waals surface area contributed by atoms with Crippen LogP contribution in [0.3, 0.4) is 0 Å². The highest BCUT2D eigenvalue weighted by Crippen LogP contribution is 2.21. The van der Waals surface area contributed by atoms with E-state index in [4.69, 9.17) is 5.26 Å². The topological polar surface area (TPSA) is 74.7 Å². The van der Waals surface area contributed by atoms with E-state index < -0.39 is 11.9 Å². The fraction of sp³-hybridized carbons (Fsp3) is 0.167. The molecule has 0 aliphatic carbocycles. The molecule has 1 aromatic heterocycles. The van der Waals surface area contributed by atoms with Crippen molar-refractivity contribution in [1.29, 1.82) is 5.26 Å². The maximum atomic E-state index is 13.8. The van der Waals surface area contributed by atoms with Crippen LogP contribution in [-0.4, -0.2) is 19.9 Å². The molecule has 5 nitrogen and oxygen atoms in total.